The number of halogens is 2. The first kappa shape index (κ1) is 26.8. The van der Waals surface area contributed by atoms with Crippen molar-refractivity contribution in [1.82, 2.24) is 14.8 Å². The molecule has 40 heavy (non-hydrogen) atoms. The number of nitriles is 1. The normalized spacial score (nSPS) is 16.9. The number of cyclic esters (lactones) is 1. The molecule has 0 unspecified atom stereocenters. The lowest BCUT2D eigenvalue weighted by Crippen LogP contribution is -2.37. The molecular formula is C30H26F2N4O4. The third kappa shape index (κ3) is 4.86. The van der Waals surface area contributed by atoms with Crippen molar-refractivity contribution < 1.29 is 27.5 Å². The lowest BCUT2D eigenvalue weighted by Gasteiger charge is -2.26. The molecule has 0 spiro atoms. The summed E-state index contributed by atoms with van der Waals surface area (Å²) in [4.78, 5) is 32.8. The number of likely N-dealkylation sites (N-methyl/N-ethyl adjacent to an activating group) is 2. The second kappa shape index (κ2) is 10.4. The number of amides is 2. The second-order valence-corrected chi connectivity index (χ2v) is 10.1. The van der Waals surface area contributed by atoms with E-state index in [9.17, 15) is 23.6 Å². The van der Waals surface area contributed by atoms with Crippen LogP contribution in [0.1, 0.15) is 52.9 Å². The van der Waals surface area contributed by atoms with Crippen LogP contribution in [-0.2, 0) is 4.74 Å². The minimum atomic E-state index is -1.03. The highest BCUT2D eigenvalue weighted by atomic mass is 19.2. The quantitative estimate of drug-likeness (QED) is 0.294. The molecule has 0 radical (unpaired) electrons. The van der Waals surface area contributed by atoms with Gasteiger partial charge in [-0.1, -0.05) is 19.9 Å². The number of hydrogen-bond donors (Lipinski definition) is 0. The minimum Gasteiger partial charge on any atom is -0.442 e. The molecule has 0 saturated carbocycles. The van der Waals surface area contributed by atoms with Gasteiger partial charge in [-0.05, 0) is 60.0 Å². The maximum Gasteiger partial charge on any atom is 0.410 e. The van der Waals surface area contributed by atoms with Crippen LogP contribution in [0.4, 0.5) is 13.6 Å². The minimum absolute atomic E-state index is 0.0324. The highest BCUT2D eigenvalue weighted by Gasteiger charge is 2.41. The smallest absolute Gasteiger partial charge is 0.410 e. The molecule has 2 heterocycles. The Morgan fingerprint density at radius 1 is 1.12 bits per heavy atom. The number of oxazole rings is 1. The molecule has 2 atom stereocenters. The zero-order valence-corrected chi connectivity index (χ0v) is 22.3. The van der Waals surface area contributed by atoms with Gasteiger partial charge in [-0.3, -0.25) is 4.79 Å². The van der Waals surface area contributed by atoms with Gasteiger partial charge in [-0.25, -0.2) is 18.6 Å². The van der Waals surface area contributed by atoms with E-state index in [0.717, 1.165) is 17.7 Å². The molecule has 10 heteroatoms. The van der Waals surface area contributed by atoms with E-state index in [-0.39, 0.29) is 18.4 Å². The predicted molar refractivity (Wildman–Crippen MR) is 142 cm³/mol. The number of carbonyl (C=O) groups is 2. The topological polar surface area (TPSA) is 99.7 Å². The molecule has 1 fully saturated rings. The van der Waals surface area contributed by atoms with Crippen LogP contribution in [-0.4, -0.2) is 53.5 Å². The maximum atomic E-state index is 13.9. The molecule has 4 aromatic rings. The first-order valence-corrected chi connectivity index (χ1v) is 12.7. The van der Waals surface area contributed by atoms with E-state index in [2.05, 4.69) is 11.1 Å². The van der Waals surface area contributed by atoms with E-state index in [4.69, 9.17) is 9.15 Å². The predicted octanol–water partition coefficient (Wildman–Crippen LogP) is 6.03. The van der Waals surface area contributed by atoms with Gasteiger partial charge in [0.05, 0.1) is 24.2 Å². The molecule has 1 aliphatic heterocycles. The molecule has 3 aromatic carbocycles. The van der Waals surface area contributed by atoms with E-state index in [1.165, 1.54) is 22.9 Å². The zero-order chi connectivity index (χ0) is 28.7. The van der Waals surface area contributed by atoms with Crippen molar-refractivity contribution in [2.75, 3.05) is 20.6 Å². The summed E-state index contributed by atoms with van der Waals surface area (Å²) in [6.45, 7) is 4.06. The fraction of sp³-hybridized carbons (Fsp3) is 0.267. The molecule has 0 N–H and O–H groups in total. The van der Waals surface area contributed by atoms with Gasteiger partial charge < -0.3 is 19.0 Å². The van der Waals surface area contributed by atoms with E-state index in [1.807, 2.05) is 13.8 Å². The number of carbonyl (C=O) groups excluding carboxylic acids is 2. The second-order valence-electron chi connectivity index (χ2n) is 10.1. The van der Waals surface area contributed by atoms with Gasteiger partial charge in [0.2, 0.25) is 5.89 Å². The van der Waals surface area contributed by atoms with Gasteiger partial charge in [0, 0.05) is 30.8 Å². The lowest BCUT2D eigenvalue weighted by atomic mass is 10.00. The van der Waals surface area contributed by atoms with Crippen molar-refractivity contribution in [1.29, 1.82) is 5.26 Å². The van der Waals surface area contributed by atoms with Crippen molar-refractivity contribution >= 4 is 23.1 Å². The summed E-state index contributed by atoms with van der Waals surface area (Å²) >= 11 is 0. The number of fused-ring (bicyclic) bond motifs is 1. The zero-order valence-electron chi connectivity index (χ0n) is 22.3. The average Bonchev–Trinajstić information content (AvgIpc) is 3.49. The van der Waals surface area contributed by atoms with Gasteiger partial charge in [-0.15, -0.1) is 0 Å². The molecule has 5 rings (SSSR count). The molecule has 2 amide bonds. The van der Waals surface area contributed by atoms with E-state index >= 15 is 0 Å². The summed E-state index contributed by atoms with van der Waals surface area (Å²) in [6, 6.07) is 15.1. The summed E-state index contributed by atoms with van der Waals surface area (Å²) in [5, 5.41) is 9.36. The van der Waals surface area contributed by atoms with E-state index < -0.39 is 29.9 Å². The highest BCUT2D eigenvalue weighted by Crippen LogP contribution is 2.34. The Kier molecular flexibility index (Phi) is 6.98. The Morgan fingerprint density at radius 2 is 1.85 bits per heavy atom. The van der Waals surface area contributed by atoms with Gasteiger partial charge >= 0.3 is 6.09 Å². The summed E-state index contributed by atoms with van der Waals surface area (Å²) < 4.78 is 38.9. The first-order chi connectivity index (χ1) is 19.1. The molecule has 204 valence electrons. The number of benzene rings is 3. The van der Waals surface area contributed by atoms with Crippen LogP contribution < -0.4 is 0 Å². The Bertz CT molecular complexity index is 1660. The molecule has 1 aromatic heterocycles. The largest absolute Gasteiger partial charge is 0.442 e. The van der Waals surface area contributed by atoms with Crippen molar-refractivity contribution in [3.8, 4) is 17.5 Å². The molecule has 1 saturated heterocycles. The summed E-state index contributed by atoms with van der Waals surface area (Å²) in [5.41, 5.74) is 4.02. The molecular weight excluding hydrogens is 518 g/mol. The van der Waals surface area contributed by atoms with Crippen LogP contribution in [0.25, 0.3) is 22.6 Å². The van der Waals surface area contributed by atoms with Gasteiger partial charge in [0.25, 0.3) is 5.91 Å². The van der Waals surface area contributed by atoms with Crippen LogP contribution in [0.15, 0.2) is 59.0 Å². The number of nitrogens with zero attached hydrogens (tertiary/aromatic N) is 4. The summed E-state index contributed by atoms with van der Waals surface area (Å²) in [7, 11) is 3.08. The van der Waals surface area contributed by atoms with Gasteiger partial charge in [0.1, 0.15) is 11.6 Å². The molecule has 1 aliphatic rings. The van der Waals surface area contributed by atoms with Crippen molar-refractivity contribution in [3.63, 3.8) is 0 Å². The van der Waals surface area contributed by atoms with Crippen LogP contribution in [0.2, 0.25) is 0 Å². The third-order valence-electron chi connectivity index (χ3n) is 7.04. The molecule has 8 nitrogen and oxygen atoms in total. The third-order valence-corrected chi connectivity index (χ3v) is 7.04. The maximum absolute atomic E-state index is 13.9. The monoisotopic (exact) mass is 544 g/mol. The number of aromatic nitrogens is 1. The van der Waals surface area contributed by atoms with Gasteiger partial charge in [0.15, 0.2) is 17.2 Å². The highest BCUT2D eigenvalue weighted by molar-refractivity contribution is 5.94. The van der Waals surface area contributed by atoms with Crippen LogP contribution in [0.3, 0.4) is 0 Å². The summed E-state index contributed by atoms with van der Waals surface area (Å²) in [5.74, 6) is -1.84. The van der Waals surface area contributed by atoms with Crippen molar-refractivity contribution in [2.24, 2.45) is 0 Å². The fourth-order valence-corrected chi connectivity index (χ4v) is 4.92. The van der Waals surface area contributed by atoms with Crippen molar-refractivity contribution in [2.45, 2.75) is 31.9 Å². The van der Waals surface area contributed by atoms with Crippen molar-refractivity contribution in [3.05, 3.63) is 88.5 Å². The standard InChI is InChI=1S/C30H26F2N4O4/c1-16(2)21-11-17(14-33)12-24-27(21)40-28(34-24)18-5-7-19(8-6-18)29(37)35(3)15-25-26(36(4)30(38)39-25)20-9-10-22(31)23(32)13-20/h5-13,16,25-26H,15H2,1-4H3/t25-,26-/m1/s1. The van der Waals surface area contributed by atoms with Crippen LogP contribution >= 0.6 is 0 Å². The van der Waals surface area contributed by atoms with E-state index in [0.29, 0.717) is 39.2 Å². The number of ether oxygens (including phenoxy) is 1. The number of rotatable bonds is 6. The fourth-order valence-electron chi connectivity index (χ4n) is 4.92. The van der Waals surface area contributed by atoms with Gasteiger partial charge in [-0.2, -0.15) is 5.26 Å². The van der Waals surface area contributed by atoms with E-state index in [1.54, 1.807) is 43.4 Å². The van der Waals surface area contributed by atoms with Crippen LogP contribution in [0.5, 0.6) is 0 Å². The average molecular weight is 545 g/mol. The first-order valence-electron chi connectivity index (χ1n) is 12.7. The lowest BCUT2D eigenvalue weighted by molar-refractivity contribution is 0.0662. The van der Waals surface area contributed by atoms with Crippen LogP contribution in [0, 0.1) is 23.0 Å². The Hall–Kier alpha value is -4.78. The Labute approximate surface area is 229 Å². The SMILES string of the molecule is CC(C)c1cc(C#N)cc2nc(-c3ccc(C(=O)N(C)C[C@H]4OC(=O)N(C)[C@@H]4c4ccc(F)c(F)c4)cc3)oc12. The molecule has 0 bridgehead atoms. The summed E-state index contributed by atoms with van der Waals surface area (Å²) in [6.07, 6.45) is -1.41. The molecule has 0 aliphatic carbocycles. The Balaban J connectivity index is 1.35. The Morgan fingerprint density at radius 3 is 2.50 bits per heavy atom. The number of hydrogen-bond acceptors (Lipinski definition) is 6.